The van der Waals surface area contributed by atoms with Crippen molar-refractivity contribution in [3.05, 3.63) is 0 Å². The summed E-state index contributed by atoms with van der Waals surface area (Å²) in [7, 11) is 0. The van der Waals surface area contributed by atoms with Crippen molar-refractivity contribution in [1.29, 1.82) is 0 Å². The molecule has 3 atom stereocenters. The Morgan fingerprint density at radius 2 is 1.02 bits per heavy atom. The lowest BCUT2D eigenvalue weighted by atomic mass is 9.72. The largest absolute Gasteiger partial charge is 0.376 e. The molecule has 2 spiro atoms. The van der Waals surface area contributed by atoms with E-state index in [-0.39, 0.29) is 17.7 Å². The van der Waals surface area contributed by atoms with Gasteiger partial charge in [0.05, 0.1) is 12.7 Å². The molecule has 40 heavy (non-hydrogen) atoms. The van der Waals surface area contributed by atoms with Crippen molar-refractivity contribution in [3.8, 4) is 0 Å². The first-order chi connectivity index (χ1) is 19.0. The Balaban J connectivity index is 0.000000503. The topological polar surface area (TPSA) is 97.4 Å². The van der Waals surface area contributed by atoms with Crippen LogP contribution in [-0.4, -0.2) is 63.6 Å². The van der Waals surface area contributed by atoms with E-state index in [1.807, 2.05) is 0 Å². The number of piperidine rings is 3. The third-order valence-corrected chi connectivity index (χ3v) is 9.15. The maximum absolute atomic E-state index is 6.14. The molecule has 3 unspecified atom stereocenters. The van der Waals surface area contributed by atoms with E-state index in [9.17, 15) is 0 Å². The smallest absolute Gasteiger partial charge is 0.0704 e. The van der Waals surface area contributed by atoms with Crippen LogP contribution in [0.5, 0.6) is 0 Å². The lowest BCUT2D eigenvalue weighted by molar-refractivity contribution is 0.0952. The summed E-state index contributed by atoms with van der Waals surface area (Å²) in [6.45, 7) is 27.2. The molecule has 4 saturated heterocycles. The molecule has 6 nitrogen and oxygen atoms in total. The van der Waals surface area contributed by atoms with Crippen molar-refractivity contribution < 1.29 is 4.74 Å². The van der Waals surface area contributed by atoms with E-state index in [1.54, 1.807) is 0 Å². The normalized spacial score (nSPS) is 29.0. The number of hydrogen-bond acceptors (Lipinski definition) is 6. The quantitative estimate of drug-likeness (QED) is 0.225. The molecule has 0 bridgehead atoms. The molecule has 5 fully saturated rings. The zero-order chi connectivity index (χ0) is 30.5. The highest BCUT2D eigenvalue weighted by molar-refractivity contribution is 4.99. The van der Waals surface area contributed by atoms with Gasteiger partial charge in [0.15, 0.2) is 0 Å². The van der Waals surface area contributed by atoms with Crippen LogP contribution >= 0.6 is 0 Å². The number of rotatable bonds is 0. The summed E-state index contributed by atoms with van der Waals surface area (Å²) in [5, 5.41) is 10.1. The molecule has 242 valence electrons. The van der Waals surface area contributed by atoms with Gasteiger partial charge in [0.25, 0.3) is 0 Å². The highest BCUT2D eigenvalue weighted by Gasteiger charge is 2.46. The molecular formula is C34H75N5O. The summed E-state index contributed by atoms with van der Waals surface area (Å²) < 4.78 is 5.61. The third kappa shape index (κ3) is 14.8. The van der Waals surface area contributed by atoms with Gasteiger partial charge < -0.3 is 32.2 Å². The predicted molar refractivity (Wildman–Crippen MR) is 178 cm³/mol. The Morgan fingerprint density at radius 1 is 0.650 bits per heavy atom. The van der Waals surface area contributed by atoms with Crippen molar-refractivity contribution in [1.82, 2.24) is 16.0 Å². The molecule has 0 aromatic heterocycles. The zero-order valence-electron chi connectivity index (χ0n) is 28.7. The van der Waals surface area contributed by atoms with Gasteiger partial charge in [-0.1, -0.05) is 80.6 Å². The summed E-state index contributed by atoms with van der Waals surface area (Å²) in [5.74, 6) is 1.00. The van der Waals surface area contributed by atoms with Crippen LogP contribution in [0.1, 0.15) is 139 Å². The summed E-state index contributed by atoms with van der Waals surface area (Å²) in [5.41, 5.74) is 13.2. The van der Waals surface area contributed by atoms with Gasteiger partial charge in [-0.05, 0) is 109 Å². The first-order valence-electron chi connectivity index (χ1n) is 17.3. The van der Waals surface area contributed by atoms with E-state index in [0.717, 1.165) is 57.0 Å². The van der Waals surface area contributed by atoms with Crippen molar-refractivity contribution in [2.45, 2.75) is 157 Å². The summed E-state index contributed by atoms with van der Waals surface area (Å²) in [6.07, 6.45) is 16.0. The molecule has 0 aromatic carbocycles. The molecule has 7 N–H and O–H groups in total. The first kappa shape index (κ1) is 39.8. The van der Waals surface area contributed by atoms with Crippen molar-refractivity contribution in [2.75, 3.05) is 45.9 Å². The van der Waals surface area contributed by atoms with Crippen LogP contribution in [0.3, 0.4) is 0 Å². The predicted octanol–water partition coefficient (Wildman–Crippen LogP) is 6.61. The minimum absolute atomic E-state index is 0.116. The van der Waals surface area contributed by atoms with Crippen LogP contribution in [-0.2, 0) is 4.74 Å². The molecule has 5 rings (SSSR count). The van der Waals surface area contributed by atoms with Crippen LogP contribution in [0.2, 0.25) is 0 Å². The standard InChI is InChI=1S/C10H19N.C9H18N2O.C6H14N2.3C3H8/c1-9-3-2-4-10(9)5-7-11-8-6-10;1-7-8(10)9(6-12-7)2-4-11-5-3-9;1-6(7)2-4-8-5-3-6;3*1-3-2/h9,11H,2-8H2,1H3;7-8,11H,2-6,10H2,1H3;8H,2-5,7H2,1H3;3*3H2,1-2H3. The number of hydrogen-bond donors (Lipinski definition) is 5. The molecule has 0 radical (unpaired) electrons. The number of nitrogens with one attached hydrogen (secondary N) is 3. The van der Waals surface area contributed by atoms with Gasteiger partial charge in [-0.25, -0.2) is 0 Å². The van der Waals surface area contributed by atoms with Gasteiger partial charge in [-0.3, -0.25) is 0 Å². The minimum atomic E-state index is 0.116. The van der Waals surface area contributed by atoms with E-state index >= 15 is 0 Å². The Kier molecular flexibility index (Phi) is 22.2. The fourth-order valence-corrected chi connectivity index (χ4v) is 6.38. The van der Waals surface area contributed by atoms with E-state index in [0.29, 0.717) is 5.41 Å². The SMILES string of the molecule is CC1(N)CCNCC1.CC1CCCC12CCNCC2.CC1OCC2(CCNCC2)C1N.CCC.CCC.CCC. The van der Waals surface area contributed by atoms with Crippen LogP contribution in [0.25, 0.3) is 0 Å². The Hall–Kier alpha value is -0.240. The van der Waals surface area contributed by atoms with Crippen LogP contribution in [0, 0.1) is 16.7 Å². The molecule has 1 saturated carbocycles. The molecular weight excluding hydrogens is 494 g/mol. The van der Waals surface area contributed by atoms with Gasteiger partial charge in [0.2, 0.25) is 0 Å². The fraction of sp³-hybridized carbons (Fsp3) is 1.00. The second-order valence-electron chi connectivity index (χ2n) is 13.6. The molecule has 4 aliphatic heterocycles. The second kappa shape index (κ2) is 22.3. The highest BCUT2D eigenvalue weighted by atomic mass is 16.5. The van der Waals surface area contributed by atoms with Crippen LogP contribution in [0.4, 0.5) is 0 Å². The lowest BCUT2D eigenvalue weighted by Crippen LogP contribution is -2.49. The van der Waals surface area contributed by atoms with Crippen molar-refractivity contribution in [3.63, 3.8) is 0 Å². The summed E-state index contributed by atoms with van der Waals surface area (Å²) in [6, 6.07) is 0.250. The Morgan fingerprint density at radius 3 is 1.30 bits per heavy atom. The van der Waals surface area contributed by atoms with Gasteiger partial charge >= 0.3 is 0 Å². The second-order valence-corrected chi connectivity index (χ2v) is 13.6. The maximum atomic E-state index is 6.14. The molecule has 4 heterocycles. The molecule has 0 amide bonds. The van der Waals surface area contributed by atoms with Crippen LogP contribution in [0.15, 0.2) is 0 Å². The Labute approximate surface area is 251 Å². The van der Waals surface area contributed by atoms with Gasteiger partial charge in [0.1, 0.15) is 0 Å². The lowest BCUT2D eigenvalue weighted by Gasteiger charge is -2.37. The highest BCUT2D eigenvalue weighted by Crippen LogP contribution is 2.49. The third-order valence-electron chi connectivity index (χ3n) is 9.15. The van der Waals surface area contributed by atoms with Crippen molar-refractivity contribution >= 4 is 0 Å². The molecule has 5 aliphatic rings. The first-order valence-corrected chi connectivity index (χ1v) is 17.3. The summed E-state index contributed by atoms with van der Waals surface area (Å²) in [4.78, 5) is 0. The average molecular weight is 570 g/mol. The molecule has 0 aromatic rings. The molecule has 1 aliphatic carbocycles. The number of nitrogens with two attached hydrogens (primary N) is 2. The summed E-state index contributed by atoms with van der Waals surface area (Å²) >= 11 is 0. The minimum Gasteiger partial charge on any atom is -0.376 e. The fourth-order valence-electron chi connectivity index (χ4n) is 6.38. The van der Waals surface area contributed by atoms with E-state index < -0.39 is 0 Å². The van der Waals surface area contributed by atoms with Crippen LogP contribution < -0.4 is 27.4 Å². The van der Waals surface area contributed by atoms with E-state index in [2.05, 4.69) is 78.3 Å². The monoisotopic (exact) mass is 570 g/mol. The molecule has 6 heteroatoms. The van der Waals surface area contributed by atoms with Gasteiger partial charge in [-0.2, -0.15) is 0 Å². The maximum Gasteiger partial charge on any atom is 0.0704 e. The average Bonchev–Trinajstić information content (AvgIpc) is 3.41. The Bertz CT molecular complexity index is 554. The number of ether oxygens (including phenoxy) is 1. The van der Waals surface area contributed by atoms with Gasteiger partial charge in [-0.15, -0.1) is 0 Å². The van der Waals surface area contributed by atoms with Gasteiger partial charge in [0, 0.05) is 17.0 Å². The van der Waals surface area contributed by atoms with E-state index in [4.69, 9.17) is 16.2 Å². The van der Waals surface area contributed by atoms with E-state index in [1.165, 1.54) is 77.3 Å². The zero-order valence-corrected chi connectivity index (χ0v) is 28.7. The van der Waals surface area contributed by atoms with Crippen molar-refractivity contribution in [2.24, 2.45) is 28.2 Å².